The minimum Gasteiger partial charge on any atom is -0.383 e. The summed E-state index contributed by atoms with van der Waals surface area (Å²) in [4.78, 5) is 6.87. The monoisotopic (exact) mass is 257 g/mol. The Kier molecular flexibility index (Phi) is 7.00. The van der Waals surface area contributed by atoms with Crippen LogP contribution in [0.15, 0.2) is 4.99 Å². The number of aliphatic imine (C=N–C) groups is 1. The van der Waals surface area contributed by atoms with Crippen molar-refractivity contribution in [3.63, 3.8) is 0 Å². The molecule has 0 saturated carbocycles. The number of hydrogen-bond acceptors (Lipinski definition) is 4. The Bertz CT molecular complexity index is 259. The Morgan fingerprint density at radius 1 is 1.61 bits per heavy atom. The molecule has 0 aliphatic carbocycles. The van der Waals surface area contributed by atoms with E-state index in [1.165, 1.54) is 19.4 Å². The molecule has 1 aliphatic rings. The van der Waals surface area contributed by atoms with Gasteiger partial charge in [0.15, 0.2) is 0 Å². The van der Waals surface area contributed by atoms with Crippen LogP contribution in [0.4, 0.5) is 0 Å². The highest BCUT2D eigenvalue weighted by molar-refractivity contribution is 5.79. The first-order valence-electron chi connectivity index (χ1n) is 6.60. The number of nitrogens with one attached hydrogen (secondary N) is 2. The van der Waals surface area contributed by atoms with Crippen molar-refractivity contribution in [2.45, 2.75) is 25.8 Å². The lowest BCUT2D eigenvalue weighted by atomic mass is 9.99. The third-order valence-corrected chi connectivity index (χ3v) is 3.17. The third kappa shape index (κ3) is 5.66. The van der Waals surface area contributed by atoms with Crippen molar-refractivity contribution in [2.75, 3.05) is 40.4 Å². The van der Waals surface area contributed by atoms with Gasteiger partial charge in [0.05, 0.1) is 6.61 Å². The molecule has 106 valence electrons. The maximum absolute atomic E-state index is 5.47. The summed E-state index contributed by atoms with van der Waals surface area (Å²) in [5, 5.41) is 3.19. The Morgan fingerprint density at radius 3 is 3.00 bits per heavy atom. The van der Waals surface area contributed by atoms with Gasteiger partial charge in [-0.25, -0.2) is 5.84 Å². The van der Waals surface area contributed by atoms with E-state index in [4.69, 9.17) is 10.6 Å². The molecular weight excluding hydrogens is 230 g/mol. The Labute approximate surface area is 110 Å². The summed E-state index contributed by atoms with van der Waals surface area (Å²) in [6, 6.07) is 0.193. The van der Waals surface area contributed by atoms with Gasteiger partial charge < -0.3 is 15.0 Å². The molecule has 6 heteroatoms. The SMILES string of the molecule is COCC(C)NC(=NCC1CCCN(C)C1)NN. The van der Waals surface area contributed by atoms with E-state index in [0.717, 1.165) is 13.1 Å². The van der Waals surface area contributed by atoms with Crippen LogP contribution in [-0.2, 0) is 4.74 Å². The van der Waals surface area contributed by atoms with Gasteiger partial charge in [0.25, 0.3) is 0 Å². The lowest BCUT2D eigenvalue weighted by Crippen LogP contribution is -2.47. The van der Waals surface area contributed by atoms with Gasteiger partial charge in [0, 0.05) is 26.2 Å². The van der Waals surface area contributed by atoms with Crippen LogP contribution < -0.4 is 16.6 Å². The number of piperidine rings is 1. The lowest BCUT2D eigenvalue weighted by molar-refractivity contribution is 0.179. The van der Waals surface area contributed by atoms with E-state index in [-0.39, 0.29) is 6.04 Å². The molecule has 6 nitrogen and oxygen atoms in total. The summed E-state index contributed by atoms with van der Waals surface area (Å²) in [6.45, 7) is 5.80. The van der Waals surface area contributed by atoms with Crippen molar-refractivity contribution in [2.24, 2.45) is 16.8 Å². The summed E-state index contributed by atoms with van der Waals surface area (Å²) in [5.74, 6) is 6.74. The molecule has 18 heavy (non-hydrogen) atoms. The molecule has 1 aliphatic heterocycles. The molecule has 0 bridgehead atoms. The number of nitrogens with zero attached hydrogens (tertiary/aromatic N) is 2. The number of rotatable bonds is 5. The van der Waals surface area contributed by atoms with Crippen LogP contribution in [0.2, 0.25) is 0 Å². The molecule has 1 fully saturated rings. The van der Waals surface area contributed by atoms with Crippen molar-refractivity contribution in [3.8, 4) is 0 Å². The lowest BCUT2D eigenvalue weighted by Gasteiger charge is -2.28. The molecule has 0 aromatic heterocycles. The fraction of sp³-hybridized carbons (Fsp3) is 0.917. The fourth-order valence-electron chi connectivity index (χ4n) is 2.30. The van der Waals surface area contributed by atoms with E-state index in [1.807, 2.05) is 6.92 Å². The van der Waals surface area contributed by atoms with Gasteiger partial charge in [-0.1, -0.05) is 0 Å². The van der Waals surface area contributed by atoms with E-state index in [9.17, 15) is 0 Å². The standard InChI is InChI=1S/C12H27N5O/c1-10(9-18-3)15-12(16-13)14-7-11-5-4-6-17(2)8-11/h10-11H,4-9,13H2,1-3H3,(H2,14,15,16). The minimum absolute atomic E-state index is 0.193. The number of ether oxygens (including phenoxy) is 1. The van der Waals surface area contributed by atoms with Gasteiger partial charge in [-0.15, -0.1) is 0 Å². The second kappa shape index (κ2) is 8.29. The van der Waals surface area contributed by atoms with Gasteiger partial charge in [-0.05, 0) is 39.3 Å². The van der Waals surface area contributed by atoms with Crippen molar-refractivity contribution >= 4 is 5.96 Å². The first-order chi connectivity index (χ1) is 8.65. The molecule has 1 rings (SSSR count). The zero-order chi connectivity index (χ0) is 13.4. The summed E-state index contributed by atoms with van der Waals surface area (Å²) in [6.07, 6.45) is 2.51. The minimum atomic E-state index is 0.193. The average Bonchev–Trinajstić information content (AvgIpc) is 2.35. The predicted octanol–water partition coefficient (Wildman–Crippen LogP) is -0.228. The predicted molar refractivity (Wildman–Crippen MR) is 74.3 cm³/mol. The van der Waals surface area contributed by atoms with Crippen molar-refractivity contribution in [1.82, 2.24) is 15.6 Å². The second-order valence-electron chi connectivity index (χ2n) is 5.10. The highest BCUT2D eigenvalue weighted by Crippen LogP contribution is 2.14. The number of methoxy groups -OCH3 is 1. The molecule has 1 heterocycles. The third-order valence-electron chi connectivity index (χ3n) is 3.17. The summed E-state index contributed by atoms with van der Waals surface area (Å²) >= 11 is 0. The smallest absolute Gasteiger partial charge is 0.206 e. The number of guanidine groups is 1. The topological polar surface area (TPSA) is 74.9 Å². The fourth-order valence-corrected chi connectivity index (χ4v) is 2.30. The molecule has 0 aromatic rings. The molecule has 2 atom stereocenters. The Morgan fingerprint density at radius 2 is 2.39 bits per heavy atom. The molecule has 1 saturated heterocycles. The molecule has 0 spiro atoms. The van der Waals surface area contributed by atoms with Crippen molar-refractivity contribution in [1.29, 1.82) is 0 Å². The highest BCUT2D eigenvalue weighted by atomic mass is 16.5. The Hall–Kier alpha value is -0.850. The van der Waals surface area contributed by atoms with E-state index in [1.54, 1.807) is 7.11 Å². The molecule has 4 N–H and O–H groups in total. The maximum Gasteiger partial charge on any atom is 0.206 e. The van der Waals surface area contributed by atoms with Crippen molar-refractivity contribution < 1.29 is 4.74 Å². The van der Waals surface area contributed by atoms with Crippen LogP contribution in [0.25, 0.3) is 0 Å². The molecule has 0 amide bonds. The van der Waals surface area contributed by atoms with Crippen LogP contribution in [0.5, 0.6) is 0 Å². The number of likely N-dealkylation sites (tertiary alicyclic amines) is 1. The van der Waals surface area contributed by atoms with E-state index >= 15 is 0 Å². The van der Waals surface area contributed by atoms with Crippen LogP contribution in [-0.4, -0.2) is 57.3 Å². The largest absolute Gasteiger partial charge is 0.383 e. The summed E-state index contributed by atoms with van der Waals surface area (Å²) in [5.41, 5.74) is 2.61. The highest BCUT2D eigenvalue weighted by Gasteiger charge is 2.16. The molecular formula is C12H27N5O. The number of nitrogens with two attached hydrogens (primary N) is 1. The second-order valence-corrected chi connectivity index (χ2v) is 5.10. The normalized spacial score (nSPS) is 23.8. The summed E-state index contributed by atoms with van der Waals surface area (Å²) < 4.78 is 5.06. The van der Waals surface area contributed by atoms with Crippen LogP contribution in [0.3, 0.4) is 0 Å². The van der Waals surface area contributed by atoms with Gasteiger partial charge in [0.2, 0.25) is 5.96 Å². The first-order valence-corrected chi connectivity index (χ1v) is 6.60. The van der Waals surface area contributed by atoms with Crippen molar-refractivity contribution in [3.05, 3.63) is 0 Å². The van der Waals surface area contributed by atoms with Crippen LogP contribution in [0, 0.1) is 5.92 Å². The molecule has 0 radical (unpaired) electrons. The maximum atomic E-state index is 5.47. The van der Waals surface area contributed by atoms with Gasteiger partial charge in [-0.3, -0.25) is 10.4 Å². The quantitative estimate of drug-likeness (QED) is 0.275. The summed E-state index contributed by atoms with van der Waals surface area (Å²) in [7, 11) is 3.85. The van der Waals surface area contributed by atoms with E-state index < -0.39 is 0 Å². The zero-order valence-corrected chi connectivity index (χ0v) is 11.8. The van der Waals surface area contributed by atoms with Gasteiger partial charge in [-0.2, -0.15) is 0 Å². The van der Waals surface area contributed by atoms with Crippen LogP contribution >= 0.6 is 0 Å². The van der Waals surface area contributed by atoms with E-state index in [0.29, 0.717) is 18.5 Å². The Balaban J connectivity index is 2.36. The van der Waals surface area contributed by atoms with Crippen LogP contribution in [0.1, 0.15) is 19.8 Å². The zero-order valence-electron chi connectivity index (χ0n) is 11.8. The molecule has 2 unspecified atom stereocenters. The average molecular weight is 257 g/mol. The number of hydrazine groups is 1. The van der Waals surface area contributed by atoms with Gasteiger partial charge >= 0.3 is 0 Å². The van der Waals surface area contributed by atoms with Gasteiger partial charge in [0.1, 0.15) is 0 Å². The van der Waals surface area contributed by atoms with E-state index in [2.05, 4.69) is 27.7 Å². The molecule has 0 aromatic carbocycles. The number of hydrogen-bond donors (Lipinski definition) is 3. The first kappa shape index (κ1) is 15.2.